The van der Waals surface area contributed by atoms with Crippen LogP contribution in [-0.2, 0) is 26.7 Å². The molecule has 1 amide bonds. The van der Waals surface area contributed by atoms with Gasteiger partial charge in [-0.3, -0.25) is 9.59 Å². The van der Waals surface area contributed by atoms with Gasteiger partial charge < -0.3 is 10.1 Å². The van der Waals surface area contributed by atoms with E-state index in [1.807, 2.05) is 5.32 Å². The van der Waals surface area contributed by atoms with Gasteiger partial charge in [-0.15, -0.1) is 0 Å². The van der Waals surface area contributed by atoms with Crippen molar-refractivity contribution in [2.24, 2.45) is 0 Å². The van der Waals surface area contributed by atoms with Crippen LogP contribution in [0, 0.1) is 0 Å². The number of carbonyl (C=O) groups is 2. The van der Waals surface area contributed by atoms with E-state index >= 15 is 0 Å². The monoisotopic (exact) mass is 485 g/mol. The quantitative estimate of drug-likeness (QED) is 0.365. The summed E-state index contributed by atoms with van der Waals surface area (Å²) in [5.41, 5.74) is -3.79. The molecule has 0 spiro atoms. The molecule has 0 aliphatic rings. The Kier molecular flexibility index (Phi) is 9.10. The Morgan fingerprint density at radius 3 is 1.86 bits per heavy atom. The van der Waals surface area contributed by atoms with Gasteiger partial charge in [-0.1, -0.05) is 34.8 Å². The molecule has 0 aromatic heterocycles. The van der Waals surface area contributed by atoms with Crippen LogP contribution >= 0.6 is 34.8 Å². The summed E-state index contributed by atoms with van der Waals surface area (Å²) >= 11 is 16.2. The molecule has 13 heteroatoms. The van der Waals surface area contributed by atoms with E-state index < -0.39 is 41.0 Å². The number of ether oxygens (including phenoxy) is 1. The van der Waals surface area contributed by atoms with Crippen molar-refractivity contribution in [2.75, 3.05) is 11.9 Å². The largest absolute Gasteiger partial charge is 0.460 e. The number of rotatable bonds is 7. The maximum atomic E-state index is 12.8. The van der Waals surface area contributed by atoms with Gasteiger partial charge in [-0.2, -0.15) is 26.3 Å². The van der Waals surface area contributed by atoms with Crippen LogP contribution in [0.4, 0.5) is 32.0 Å². The summed E-state index contributed by atoms with van der Waals surface area (Å²) in [6.45, 7) is -0.390. The Bertz CT molecular complexity index is 757. The molecule has 0 saturated heterocycles. The first-order valence-corrected chi connectivity index (χ1v) is 8.78. The second-order valence-electron chi connectivity index (χ2n) is 5.52. The highest BCUT2D eigenvalue weighted by molar-refractivity contribution is 6.59. The summed E-state index contributed by atoms with van der Waals surface area (Å²) < 4.78 is 81.1. The number of benzene rings is 1. The molecular weight excluding hydrogens is 475 g/mol. The minimum atomic E-state index is -5.04. The normalized spacial score (nSPS) is 11.8. The SMILES string of the molecule is O=C(CCCC(=O)OCC(Cl)=C(Cl)Cl)Nc1cc(C(F)(F)F)cc(C(F)(F)F)c1. The summed E-state index contributed by atoms with van der Waals surface area (Å²) in [7, 11) is 0. The van der Waals surface area contributed by atoms with Gasteiger partial charge in [0, 0.05) is 18.5 Å². The molecule has 162 valence electrons. The fraction of sp³-hybridized carbons (Fsp3) is 0.375. The molecule has 1 aromatic rings. The van der Waals surface area contributed by atoms with Crippen molar-refractivity contribution in [2.45, 2.75) is 31.6 Å². The van der Waals surface area contributed by atoms with Crippen molar-refractivity contribution in [3.8, 4) is 0 Å². The van der Waals surface area contributed by atoms with Gasteiger partial charge in [0.1, 0.15) is 11.1 Å². The second kappa shape index (κ2) is 10.4. The van der Waals surface area contributed by atoms with Crippen LogP contribution in [0.1, 0.15) is 30.4 Å². The number of carbonyl (C=O) groups excluding carboxylic acids is 2. The number of halogens is 9. The van der Waals surface area contributed by atoms with Crippen molar-refractivity contribution in [1.29, 1.82) is 0 Å². The summed E-state index contributed by atoms with van der Waals surface area (Å²) in [4.78, 5) is 23.2. The van der Waals surface area contributed by atoms with Crippen LogP contribution in [0.15, 0.2) is 27.7 Å². The van der Waals surface area contributed by atoms with Crippen LogP contribution in [0.25, 0.3) is 0 Å². The number of amides is 1. The van der Waals surface area contributed by atoms with Crippen LogP contribution < -0.4 is 5.32 Å². The smallest absolute Gasteiger partial charge is 0.416 e. The summed E-state index contributed by atoms with van der Waals surface area (Å²) in [6, 6.07) is 0.704. The second-order valence-corrected chi connectivity index (χ2v) is 6.93. The van der Waals surface area contributed by atoms with Crippen molar-refractivity contribution in [1.82, 2.24) is 0 Å². The van der Waals surface area contributed by atoms with E-state index in [0.717, 1.165) is 0 Å². The minimum Gasteiger partial charge on any atom is -0.460 e. The number of anilines is 1. The molecule has 1 aromatic carbocycles. The van der Waals surface area contributed by atoms with Crippen LogP contribution in [0.2, 0.25) is 0 Å². The number of hydrogen-bond acceptors (Lipinski definition) is 3. The molecule has 0 saturated carbocycles. The van der Waals surface area contributed by atoms with Gasteiger partial charge in [0.15, 0.2) is 0 Å². The van der Waals surface area contributed by atoms with E-state index in [9.17, 15) is 35.9 Å². The van der Waals surface area contributed by atoms with Crippen molar-refractivity contribution in [3.05, 3.63) is 38.8 Å². The van der Waals surface area contributed by atoms with Gasteiger partial charge in [-0.25, -0.2) is 0 Å². The molecule has 0 radical (unpaired) electrons. The Morgan fingerprint density at radius 2 is 1.41 bits per heavy atom. The molecule has 0 atom stereocenters. The maximum absolute atomic E-state index is 12.8. The number of hydrogen-bond donors (Lipinski definition) is 1. The average Bonchev–Trinajstić information content (AvgIpc) is 2.57. The van der Waals surface area contributed by atoms with E-state index in [4.69, 9.17) is 39.5 Å². The Morgan fingerprint density at radius 1 is 0.897 bits per heavy atom. The van der Waals surface area contributed by atoms with Gasteiger partial charge >= 0.3 is 18.3 Å². The van der Waals surface area contributed by atoms with Crippen LogP contribution in [-0.4, -0.2) is 18.5 Å². The fourth-order valence-electron chi connectivity index (χ4n) is 1.91. The molecule has 0 aliphatic carbocycles. The van der Waals surface area contributed by atoms with Crippen molar-refractivity contribution < 1.29 is 40.7 Å². The third-order valence-electron chi connectivity index (χ3n) is 3.22. The standard InChI is InChI=1S/C16H12Cl3F6NO3/c17-11(14(18)19)7-29-13(28)3-1-2-12(27)26-10-5-8(15(20,21)22)4-9(6-10)16(23,24)25/h4-6H,1-3,7H2,(H,26,27). The topological polar surface area (TPSA) is 55.4 Å². The Labute approximate surface area is 175 Å². The lowest BCUT2D eigenvalue weighted by Crippen LogP contribution is -2.16. The average molecular weight is 487 g/mol. The van der Waals surface area contributed by atoms with Gasteiger partial charge in [-0.05, 0) is 24.6 Å². The van der Waals surface area contributed by atoms with E-state index in [1.165, 1.54) is 0 Å². The highest BCUT2D eigenvalue weighted by Crippen LogP contribution is 2.37. The lowest BCUT2D eigenvalue weighted by molar-refractivity contribution is -0.144. The molecule has 29 heavy (non-hydrogen) atoms. The van der Waals surface area contributed by atoms with Gasteiger partial charge in [0.2, 0.25) is 5.91 Å². The highest BCUT2D eigenvalue weighted by Gasteiger charge is 2.37. The third-order valence-corrected chi connectivity index (χ3v) is 4.17. The predicted molar refractivity (Wildman–Crippen MR) is 94.5 cm³/mol. The fourth-order valence-corrected chi connectivity index (χ4v) is 2.08. The lowest BCUT2D eigenvalue weighted by Gasteiger charge is -2.14. The van der Waals surface area contributed by atoms with Gasteiger partial charge in [0.05, 0.1) is 16.2 Å². The third kappa shape index (κ3) is 9.14. The first-order chi connectivity index (χ1) is 13.2. The van der Waals surface area contributed by atoms with E-state index in [2.05, 4.69) is 0 Å². The molecule has 1 N–H and O–H groups in total. The molecule has 0 unspecified atom stereocenters. The van der Waals surface area contributed by atoms with Crippen molar-refractivity contribution >= 4 is 52.4 Å². The highest BCUT2D eigenvalue weighted by atomic mass is 35.5. The number of esters is 1. The van der Waals surface area contributed by atoms with E-state index in [-0.39, 0.29) is 41.5 Å². The molecule has 1 rings (SSSR count). The van der Waals surface area contributed by atoms with E-state index in [0.29, 0.717) is 12.1 Å². The van der Waals surface area contributed by atoms with Crippen LogP contribution in [0.5, 0.6) is 0 Å². The van der Waals surface area contributed by atoms with Gasteiger partial charge in [0.25, 0.3) is 0 Å². The maximum Gasteiger partial charge on any atom is 0.416 e. The minimum absolute atomic E-state index is 0.0572. The molecule has 4 nitrogen and oxygen atoms in total. The lowest BCUT2D eigenvalue weighted by atomic mass is 10.1. The summed E-state index contributed by atoms with van der Waals surface area (Å²) in [5, 5.41) is 1.83. The molecule has 0 heterocycles. The van der Waals surface area contributed by atoms with Crippen molar-refractivity contribution in [3.63, 3.8) is 0 Å². The Hall–Kier alpha value is -1.65. The zero-order valence-corrected chi connectivity index (χ0v) is 16.5. The summed E-state index contributed by atoms with van der Waals surface area (Å²) in [6.07, 6.45) is -10.8. The zero-order chi connectivity index (χ0) is 22.4. The first-order valence-electron chi connectivity index (χ1n) is 7.64. The zero-order valence-electron chi connectivity index (χ0n) is 14.2. The molecule has 0 fully saturated rings. The predicted octanol–water partition coefficient (Wildman–Crippen LogP) is 6.26. The molecule has 0 aliphatic heterocycles. The summed E-state index contributed by atoms with van der Waals surface area (Å²) in [5.74, 6) is -1.64. The van der Waals surface area contributed by atoms with Crippen LogP contribution in [0.3, 0.4) is 0 Å². The molecule has 0 bridgehead atoms. The molecular formula is C16H12Cl3F6NO3. The number of alkyl halides is 6. The number of nitrogens with one attached hydrogen (secondary N) is 1. The first kappa shape index (κ1) is 25.4. The van der Waals surface area contributed by atoms with E-state index in [1.54, 1.807) is 0 Å². The Balaban J connectivity index is 2.68.